The third-order valence-electron chi connectivity index (χ3n) is 4.88. The van der Waals surface area contributed by atoms with Crippen molar-refractivity contribution in [2.75, 3.05) is 5.32 Å². The smallest absolute Gasteiger partial charge is 0.272 e. The highest BCUT2D eigenvalue weighted by Crippen LogP contribution is 2.31. The third-order valence-corrected chi connectivity index (χ3v) is 5.95. The van der Waals surface area contributed by atoms with Crippen molar-refractivity contribution in [3.05, 3.63) is 93.7 Å². The molecule has 3 aromatic carbocycles. The van der Waals surface area contributed by atoms with Crippen molar-refractivity contribution in [2.45, 2.75) is 13.8 Å². The van der Waals surface area contributed by atoms with Crippen molar-refractivity contribution in [3.8, 4) is 10.6 Å². The van der Waals surface area contributed by atoms with Crippen molar-refractivity contribution < 1.29 is 14.5 Å². The number of aryl methyl sites for hydroxylation is 1. The number of nitrogens with zero attached hydrogens (tertiary/aromatic N) is 2. The Kier molecular flexibility index (Phi) is 6.46. The van der Waals surface area contributed by atoms with Crippen LogP contribution in [-0.4, -0.2) is 21.7 Å². The Morgan fingerprint density at radius 3 is 2.53 bits per heavy atom. The van der Waals surface area contributed by atoms with Crippen LogP contribution in [0.1, 0.15) is 18.1 Å². The second-order valence-electron chi connectivity index (χ2n) is 7.61. The van der Waals surface area contributed by atoms with Gasteiger partial charge in [0, 0.05) is 30.3 Å². The van der Waals surface area contributed by atoms with Gasteiger partial charge >= 0.3 is 0 Å². The molecular formula is C25H20N4O4S. The molecule has 0 radical (unpaired) electrons. The molecule has 0 unspecified atom stereocenters. The zero-order chi connectivity index (χ0) is 24.2. The first-order valence-corrected chi connectivity index (χ1v) is 11.1. The number of fused-ring (bicyclic) bond motifs is 1. The average Bonchev–Trinajstić information content (AvgIpc) is 3.22. The van der Waals surface area contributed by atoms with Crippen LogP contribution < -0.4 is 10.6 Å². The molecule has 0 fully saturated rings. The number of rotatable bonds is 6. The lowest BCUT2D eigenvalue weighted by molar-refractivity contribution is -0.384. The van der Waals surface area contributed by atoms with E-state index in [4.69, 9.17) is 0 Å². The van der Waals surface area contributed by atoms with Gasteiger partial charge in [-0.05, 0) is 60.5 Å². The standard InChI is InChI=1S/C25H20N4O4S/c1-15-6-11-21-23(12-15)34-25(28-21)18-7-9-19(10-8-18)27-24(31)22(26-16(2)30)14-17-4-3-5-20(13-17)29(32)33/h3-14H,1-2H3,(H,26,30)(H,27,31). The molecule has 0 aliphatic rings. The van der Waals surface area contributed by atoms with Crippen molar-refractivity contribution in [2.24, 2.45) is 0 Å². The average molecular weight is 473 g/mol. The zero-order valence-corrected chi connectivity index (χ0v) is 19.2. The molecule has 0 bridgehead atoms. The number of nitrogens with one attached hydrogen (secondary N) is 2. The number of carbonyl (C=O) groups is 2. The van der Waals surface area contributed by atoms with Crippen molar-refractivity contribution in [1.29, 1.82) is 0 Å². The van der Waals surface area contributed by atoms with E-state index in [1.165, 1.54) is 36.8 Å². The highest BCUT2D eigenvalue weighted by molar-refractivity contribution is 7.21. The largest absolute Gasteiger partial charge is 0.322 e. The molecule has 2 amide bonds. The maximum Gasteiger partial charge on any atom is 0.272 e. The first kappa shape index (κ1) is 22.8. The summed E-state index contributed by atoms with van der Waals surface area (Å²) < 4.78 is 1.11. The van der Waals surface area contributed by atoms with E-state index in [1.54, 1.807) is 29.5 Å². The van der Waals surface area contributed by atoms with Crippen LogP contribution in [0.3, 0.4) is 0 Å². The van der Waals surface area contributed by atoms with Crippen LogP contribution in [-0.2, 0) is 9.59 Å². The number of aromatic nitrogens is 1. The van der Waals surface area contributed by atoms with E-state index in [0.29, 0.717) is 11.3 Å². The molecule has 34 heavy (non-hydrogen) atoms. The summed E-state index contributed by atoms with van der Waals surface area (Å²) in [7, 11) is 0. The molecule has 9 heteroatoms. The molecule has 0 aliphatic heterocycles. The number of nitro benzene ring substituents is 1. The molecule has 0 saturated carbocycles. The van der Waals surface area contributed by atoms with Crippen LogP contribution in [0.15, 0.2) is 72.4 Å². The molecule has 8 nitrogen and oxygen atoms in total. The summed E-state index contributed by atoms with van der Waals surface area (Å²) in [4.78, 5) is 39.6. The Balaban J connectivity index is 1.54. The van der Waals surface area contributed by atoms with Gasteiger partial charge in [0.25, 0.3) is 11.6 Å². The van der Waals surface area contributed by atoms with E-state index >= 15 is 0 Å². The summed E-state index contributed by atoms with van der Waals surface area (Å²) in [6, 6.07) is 19.1. The molecule has 0 aliphatic carbocycles. The van der Waals surface area contributed by atoms with Gasteiger partial charge in [-0.1, -0.05) is 18.2 Å². The fraction of sp³-hybridized carbons (Fsp3) is 0.0800. The molecular weight excluding hydrogens is 452 g/mol. The summed E-state index contributed by atoms with van der Waals surface area (Å²) in [6.45, 7) is 3.32. The maximum atomic E-state index is 12.8. The van der Waals surface area contributed by atoms with Gasteiger partial charge in [0.15, 0.2) is 0 Å². The second kappa shape index (κ2) is 9.63. The van der Waals surface area contributed by atoms with Crippen molar-refractivity contribution in [1.82, 2.24) is 10.3 Å². The molecule has 0 atom stereocenters. The van der Waals surface area contributed by atoms with E-state index in [-0.39, 0.29) is 11.4 Å². The predicted octanol–water partition coefficient (Wildman–Crippen LogP) is 5.30. The lowest BCUT2D eigenvalue weighted by Crippen LogP contribution is -2.28. The Labute approximate surface area is 199 Å². The molecule has 4 rings (SSSR count). The molecule has 1 heterocycles. The number of carbonyl (C=O) groups excluding carboxylic acids is 2. The minimum absolute atomic E-state index is 0.0291. The van der Waals surface area contributed by atoms with Gasteiger partial charge in [0.05, 0.1) is 15.1 Å². The third kappa shape index (κ3) is 5.33. The van der Waals surface area contributed by atoms with Gasteiger partial charge in [0.2, 0.25) is 5.91 Å². The normalized spacial score (nSPS) is 11.3. The maximum absolute atomic E-state index is 12.8. The molecule has 2 N–H and O–H groups in total. The lowest BCUT2D eigenvalue weighted by atomic mass is 10.1. The number of anilines is 1. The summed E-state index contributed by atoms with van der Waals surface area (Å²) in [6.07, 6.45) is 1.39. The van der Waals surface area contributed by atoms with Crippen LogP contribution in [0.25, 0.3) is 26.9 Å². The Bertz CT molecular complexity index is 1440. The van der Waals surface area contributed by atoms with E-state index in [1.807, 2.05) is 31.2 Å². The summed E-state index contributed by atoms with van der Waals surface area (Å²) in [5.41, 5.74) is 3.83. The Morgan fingerprint density at radius 1 is 1.06 bits per heavy atom. The van der Waals surface area contributed by atoms with Crippen molar-refractivity contribution in [3.63, 3.8) is 0 Å². The molecule has 0 saturated heterocycles. The topological polar surface area (TPSA) is 114 Å². The quantitative estimate of drug-likeness (QED) is 0.225. The summed E-state index contributed by atoms with van der Waals surface area (Å²) in [5, 5.41) is 17.1. The van der Waals surface area contributed by atoms with Crippen LogP contribution in [0.5, 0.6) is 0 Å². The summed E-state index contributed by atoms with van der Waals surface area (Å²) in [5.74, 6) is -0.988. The number of hydrogen-bond acceptors (Lipinski definition) is 6. The number of non-ortho nitro benzene ring substituents is 1. The van der Waals surface area contributed by atoms with E-state index < -0.39 is 16.7 Å². The van der Waals surface area contributed by atoms with Gasteiger partial charge < -0.3 is 10.6 Å². The fourth-order valence-corrected chi connectivity index (χ4v) is 4.36. The molecule has 4 aromatic rings. The first-order chi connectivity index (χ1) is 16.3. The second-order valence-corrected chi connectivity index (χ2v) is 8.64. The zero-order valence-electron chi connectivity index (χ0n) is 18.4. The van der Waals surface area contributed by atoms with Crippen molar-refractivity contribution >= 4 is 50.8 Å². The number of amides is 2. The molecule has 1 aromatic heterocycles. The van der Waals surface area contributed by atoms with E-state index in [2.05, 4.69) is 21.7 Å². The van der Waals surface area contributed by atoms with Crippen LogP contribution in [0.4, 0.5) is 11.4 Å². The van der Waals surface area contributed by atoms with Gasteiger partial charge in [-0.3, -0.25) is 19.7 Å². The van der Waals surface area contributed by atoms with Gasteiger partial charge in [0.1, 0.15) is 10.7 Å². The van der Waals surface area contributed by atoms with Gasteiger partial charge in [-0.15, -0.1) is 11.3 Å². The predicted molar refractivity (Wildman–Crippen MR) is 133 cm³/mol. The van der Waals surface area contributed by atoms with Crippen LogP contribution in [0.2, 0.25) is 0 Å². The number of hydrogen-bond donors (Lipinski definition) is 2. The van der Waals surface area contributed by atoms with E-state index in [9.17, 15) is 19.7 Å². The Hall–Kier alpha value is -4.37. The minimum atomic E-state index is -0.551. The van der Waals surface area contributed by atoms with Crippen LogP contribution in [0, 0.1) is 17.0 Å². The highest BCUT2D eigenvalue weighted by Gasteiger charge is 2.14. The molecule has 170 valence electrons. The SMILES string of the molecule is CC(=O)NC(=Cc1cccc([N+](=O)[O-])c1)C(=O)Nc1ccc(-c2nc3ccc(C)cc3s2)cc1. The molecule has 0 spiro atoms. The van der Waals surface area contributed by atoms with Crippen LogP contribution >= 0.6 is 11.3 Å². The number of thiazole rings is 1. The minimum Gasteiger partial charge on any atom is -0.322 e. The highest BCUT2D eigenvalue weighted by atomic mass is 32.1. The number of benzene rings is 3. The van der Waals surface area contributed by atoms with Gasteiger partial charge in [-0.25, -0.2) is 4.98 Å². The Morgan fingerprint density at radius 2 is 1.82 bits per heavy atom. The van der Waals surface area contributed by atoms with E-state index in [0.717, 1.165) is 20.8 Å². The number of nitro groups is 1. The first-order valence-electron chi connectivity index (χ1n) is 10.3. The monoisotopic (exact) mass is 472 g/mol. The lowest BCUT2D eigenvalue weighted by Gasteiger charge is -2.10. The summed E-state index contributed by atoms with van der Waals surface area (Å²) >= 11 is 1.60. The van der Waals surface area contributed by atoms with Gasteiger partial charge in [-0.2, -0.15) is 0 Å². The fourth-order valence-electron chi connectivity index (χ4n) is 3.29.